The average molecular weight is 373 g/mol. The van der Waals surface area contributed by atoms with Gasteiger partial charge in [0, 0.05) is 0 Å². The van der Waals surface area contributed by atoms with Gasteiger partial charge in [-0.25, -0.2) is 9.48 Å². The second-order valence-corrected chi connectivity index (χ2v) is 6.23. The maximum Gasteiger partial charge on any atom is 0.338 e. The van der Waals surface area contributed by atoms with Gasteiger partial charge in [0.2, 0.25) is 0 Å². The molecule has 28 heavy (non-hydrogen) atoms. The molecule has 140 valence electrons. The summed E-state index contributed by atoms with van der Waals surface area (Å²) in [6.07, 6.45) is 0. The van der Waals surface area contributed by atoms with Crippen molar-refractivity contribution in [3.05, 3.63) is 90.0 Å². The number of nitrogens with zero attached hydrogens (tertiary/aromatic N) is 3. The van der Waals surface area contributed by atoms with Crippen LogP contribution in [0.15, 0.2) is 78.9 Å². The van der Waals surface area contributed by atoms with E-state index in [1.54, 1.807) is 12.1 Å². The lowest BCUT2D eigenvalue weighted by molar-refractivity contribution is 0.0450. The number of para-hydroxylation sites is 2. The number of ether oxygens (including phenoxy) is 2. The molecule has 0 saturated carbocycles. The van der Waals surface area contributed by atoms with E-state index < -0.39 is 0 Å². The Bertz CT molecular complexity index is 1060. The Morgan fingerprint density at radius 2 is 1.61 bits per heavy atom. The van der Waals surface area contributed by atoms with Gasteiger partial charge in [0.1, 0.15) is 24.5 Å². The highest BCUT2D eigenvalue weighted by Gasteiger charge is 2.08. The third kappa shape index (κ3) is 4.17. The van der Waals surface area contributed by atoms with Gasteiger partial charge < -0.3 is 9.47 Å². The summed E-state index contributed by atoms with van der Waals surface area (Å²) < 4.78 is 12.6. The summed E-state index contributed by atoms with van der Waals surface area (Å²) in [4.78, 5) is 12.2. The first-order valence-corrected chi connectivity index (χ1v) is 9.02. The lowest BCUT2D eigenvalue weighted by atomic mass is 10.1. The van der Waals surface area contributed by atoms with Gasteiger partial charge in [-0.15, -0.1) is 5.10 Å². The van der Waals surface area contributed by atoms with Gasteiger partial charge in [0.25, 0.3) is 0 Å². The molecule has 0 spiro atoms. The molecule has 0 saturated heterocycles. The normalized spacial score (nSPS) is 10.7. The molecule has 0 aliphatic carbocycles. The van der Waals surface area contributed by atoms with Gasteiger partial charge in [-0.3, -0.25) is 0 Å². The van der Waals surface area contributed by atoms with E-state index in [4.69, 9.17) is 9.47 Å². The Morgan fingerprint density at radius 3 is 2.43 bits per heavy atom. The van der Waals surface area contributed by atoms with Crippen LogP contribution in [0, 0.1) is 0 Å². The smallest absolute Gasteiger partial charge is 0.338 e. The van der Waals surface area contributed by atoms with Gasteiger partial charge in [-0.2, -0.15) is 0 Å². The van der Waals surface area contributed by atoms with E-state index in [2.05, 4.69) is 10.3 Å². The molecule has 0 bridgehead atoms. The topological polar surface area (TPSA) is 66.2 Å². The van der Waals surface area contributed by atoms with E-state index >= 15 is 0 Å². The predicted molar refractivity (Wildman–Crippen MR) is 105 cm³/mol. The molecular formula is C22H19N3O3. The molecule has 0 amide bonds. The van der Waals surface area contributed by atoms with Crippen molar-refractivity contribution >= 4 is 17.0 Å². The first-order chi connectivity index (χ1) is 13.8. The van der Waals surface area contributed by atoms with Crippen molar-refractivity contribution in [2.24, 2.45) is 0 Å². The molecule has 0 radical (unpaired) electrons. The van der Waals surface area contributed by atoms with E-state index in [9.17, 15) is 4.79 Å². The summed E-state index contributed by atoms with van der Waals surface area (Å²) in [6, 6.07) is 24.5. The van der Waals surface area contributed by atoms with Gasteiger partial charge in [-0.1, -0.05) is 47.7 Å². The zero-order valence-electron chi connectivity index (χ0n) is 15.2. The van der Waals surface area contributed by atoms with E-state index in [1.165, 1.54) is 0 Å². The summed E-state index contributed by atoms with van der Waals surface area (Å²) in [5.74, 6) is 0.387. The van der Waals surface area contributed by atoms with E-state index in [1.807, 2.05) is 71.4 Å². The van der Waals surface area contributed by atoms with Crippen LogP contribution in [-0.2, 0) is 11.3 Å². The van der Waals surface area contributed by atoms with Gasteiger partial charge in [0.05, 0.1) is 17.6 Å². The number of benzene rings is 3. The quantitative estimate of drug-likeness (QED) is 0.365. The van der Waals surface area contributed by atoms with Crippen molar-refractivity contribution in [3.8, 4) is 5.75 Å². The van der Waals surface area contributed by atoms with Crippen LogP contribution in [0.25, 0.3) is 11.0 Å². The van der Waals surface area contributed by atoms with Gasteiger partial charge in [0.15, 0.2) is 0 Å². The van der Waals surface area contributed by atoms with E-state index in [0.29, 0.717) is 18.7 Å². The maximum atomic E-state index is 12.2. The molecule has 1 heterocycles. The molecule has 4 aromatic rings. The van der Waals surface area contributed by atoms with Crippen LogP contribution in [-0.4, -0.2) is 34.2 Å². The Balaban J connectivity index is 1.30. The highest BCUT2D eigenvalue weighted by atomic mass is 16.6. The minimum absolute atomic E-state index is 0.195. The zero-order valence-corrected chi connectivity index (χ0v) is 15.2. The maximum absolute atomic E-state index is 12.2. The lowest BCUT2D eigenvalue weighted by Gasteiger charge is -2.08. The third-order valence-electron chi connectivity index (χ3n) is 4.27. The van der Waals surface area contributed by atoms with Crippen LogP contribution in [0.1, 0.15) is 15.9 Å². The molecule has 0 fully saturated rings. The van der Waals surface area contributed by atoms with Crippen LogP contribution < -0.4 is 4.74 Å². The number of aromatic nitrogens is 3. The Hall–Kier alpha value is -3.67. The van der Waals surface area contributed by atoms with Crippen LogP contribution >= 0.6 is 0 Å². The fraction of sp³-hybridized carbons (Fsp3) is 0.136. The van der Waals surface area contributed by atoms with Gasteiger partial charge >= 0.3 is 5.97 Å². The second kappa shape index (κ2) is 8.35. The molecule has 0 atom stereocenters. The third-order valence-corrected chi connectivity index (χ3v) is 4.27. The fourth-order valence-electron chi connectivity index (χ4n) is 2.85. The summed E-state index contributed by atoms with van der Waals surface area (Å²) in [7, 11) is 0. The monoisotopic (exact) mass is 373 g/mol. The largest absolute Gasteiger partial charge is 0.490 e. The molecule has 0 unspecified atom stereocenters. The molecule has 0 aliphatic heterocycles. The number of carbonyl (C=O) groups excluding carboxylic acids is 1. The Kier molecular flexibility index (Phi) is 5.29. The number of hydrogen-bond acceptors (Lipinski definition) is 5. The summed E-state index contributed by atoms with van der Waals surface area (Å²) in [5.41, 5.74) is 3.37. The molecule has 4 rings (SSSR count). The van der Waals surface area contributed by atoms with Crippen molar-refractivity contribution in [1.29, 1.82) is 0 Å². The number of hydrogen-bond donors (Lipinski definition) is 0. The highest BCUT2D eigenvalue weighted by molar-refractivity contribution is 5.89. The highest BCUT2D eigenvalue weighted by Crippen LogP contribution is 2.13. The zero-order chi connectivity index (χ0) is 19.2. The predicted octanol–water partition coefficient (Wildman–Crippen LogP) is 3.72. The minimum atomic E-state index is -0.366. The molecular weight excluding hydrogens is 354 g/mol. The summed E-state index contributed by atoms with van der Waals surface area (Å²) in [6.45, 7) is 1.09. The number of fused-ring (bicyclic) bond motifs is 1. The Labute approximate surface area is 162 Å². The number of rotatable bonds is 7. The molecule has 0 N–H and O–H groups in total. The number of carbonyl (C=O) groups is 1. The van der Waals surface area contributed by atoms with Crippen molar-refractivity contribution in [2.45, 2.75) is 6.54 Å². The minimum Gasteiger partial charge on any atom is -0.490 e. The molecule has 6 heteroatoms. The van der Waals surface area contributed by atoms with Crippen LogP contribution in [0.4, 0.5) is 0 Å². The van der Waals surface area contributed by atoms with Gasteiger partial charge in [-0.05, 0) is 42.0 Å². The van der Waals surface area contributed by atoms with E-state index in [-0.39, 0.29) is 12.6 Å². The van der Waals surface area contributed by atoms with Crippen LogP contribution in [0.3, 0.4) is 0 Å². The van der Waals surface area contributed by atoms with Crippen molar-refractivity contribution in [3.63, 3.8) is 0 Å². The number of esters is 1. The SMILES string of the molecule is O=C(OCCOc1ccccc1)c1ccc(Cn2nnc3ccccc32)cc1. The average Bonchev–Trinajstić information content (AvgIpc) is 3.15. The molecule has 6 nitrogen and oxygen atoms in total. The summed E-state index contributed by atoms with van der Waals surface area (Å²) >= 11 is 0. The Morgan fingerprint density at radius 1 is 0.857 bits per heavy atom. The molecule has 3 aromatic carbocycles. The standard InChI is InChI=1S/C22H19N3O3/c26-22(28-15-14-27-19-6-2-1-3-7-19)18-12-10-17(11-13-18)16-25-21-9-5-4-8-20(21)23-24-25/h1-13H,14-16H2. The first-order valence-electron chi connectivity index (χ1n) is 9.02. The second-order valence-electron chi connectivity index (χ2n) is 6.23. The van der Waals surface area contributed by atoms with E-state index in [0.717, 1.165) is 22.3 Å². The lowest BCUT2D eigenvalue weighted by Crippen LogP contribution is -2.12. The van der Waals surface area contributed by atoms with Crippen LogP contribution in [0.2, 0.25) is 0 Å². The summed E-state index contributed by atoms with van der Waals surface area (Å²) in [5, 5.41) is 8.34. The van der Waals surface area contributed by atoms with Crippen molar-refractivity contribution in [1.82, 2.24) is 15.0 Å². The molecule has 1 aromatic heterocycles. The first kappa shape index (κ1) is 17.7. The van der Waals surface area contributed by atoms with Crippen molar-refractivity contribution in [2.75, 3.05) is 13.2 Å². The van der Waals surface area contributed by atoms with Crippen LogP contribution in [0.5, 0.6) is 5.75 Å². The molecule has 0 aliphatic rings. The van der Waals surface area contributed by atoms with Crippen molar-refractivity contribution < 1.29 is 14.3 Å². The fourth-order valence-corrected chi connectivity index (χ4v) is 2.85.